The second kappa shape index (κ2) is 5.31. The van der Waals surface area contributed by atoms with Gasteiger partial charge < -0.3 is 11.5 Å². The van der Waals surface area contributed by atoms with E-state index in [0.717, 1.165) is 12.8 Å². The lowest BCUT2D eigenvalue weighted by Gasteiger charge is -2.37. The summed E-state index contributed by atoms with van der Waals surface area (Å²) in [6, 6.07) is 4.05. The monoisotopic (exact) mass is 311 g/mol. The highest BCUT2D eigenvalue weighted by atomic mass is 32.2. The van der Waals surface area contributed by atoms with Crippen molar-refractivity contribution in [2.24, 2.45) is 11.1 Å². The predicted octanol–water partition coefficient (Wildman–Crippen LogP) is 1.18. The smallest absolute Gasteiger partial charge is 0.248 e. The number of anilines is 1. The number of rotatable bonds is 3. The number of carbonyl (C=O) groups excluding carboxylic acids is 1. The number of hydrogen-bond acceptors (Lipinski definition) is 4. The highest BCUT2D eigenvalue weighted by Crippen LogP contribution is 2.33. The van der Waals surface area contributed by atoms with Gasteiger partial charge in [0, 0.05) is 18.7 Å². The van der Waals surface area contributed by atoms with Crippen molar-refractivity contribution in [2.45, 2.75) is 31.6 Å². The predicted molar refractivity (Wildman–Crippen MR) is 81.1 cm³/mol. The number of nitrogen functional groups attached to an aromatic ring is 1. The molecule has 1 aromatic rings. The van der Waals surface area contributed by atoms with Gasteiger partial charge in [-0.15, -0.1) is 0 Å². The van der Waals surface area contributed by atoms with Crippen LogP contribution in [0.25, 0.3) is 0 Å². The quantitative estimate of drug-likeness (QED) is 0.817. The molecule has 0 radical (unpaired) electrons. The second-order valence-electron chi connectivity index (χ2n) is 6.22. The Morgan fingerprint density at radius 3 is 2.52 bits per heavy atom. The van der Waals surface area contributed by atoms with E-state index in [9.17, 15) is 13.2 Å². The molecule has 0 aliphatic carbocycles. The third-order valence-electron chi connectivity index (χ3n) is 3.78. The number of benzene rings is 1. The van der Waals surface area contributed by atoms with Crippen LogP contribution in [0, 0.1) is 5.41 Å². The second-order valence-corrected chi connectivity index (χ2v) is 8.13. The Morgan fingerprint density at radius 2 is 2.00 bits per heavy atom. The minimum absolute atomic E-state index is 0.0326. The number of nitrogens with two attached hydrogens (primary N) is 2. The molecule has 1 amide bonds. The van der Waals surface area contributed by atoms with Crippen LogP contribution in [-0.4, -0.2) is 31.7 Å². The maximum atomic E-state index is 12.7. The first-order valence-electron chi connectivity index (χ1n) is 6.83. The van der Waals surface area contributed by atoms with Gasteiger partial charge in [0.1, 0.15) is 4.90 Å². The van der Waals surface area contributed by atoms with E-state index in [2.05, 4.69) is 0 Å². The number of hydrogen-bond donors (Lipinski definition) is 2. The average Bonchev–Trinajstić information content (AvgIpc) is 2.36. The van der Waals surface area contributed by atoms with E-state index >= 15 is 0 Å². The van der Waals surface area contributed by atoms with Crippen molar-refractivity contribution in [3.8, 4) is 0 Å². The molecule has 7 heteroatoms. The molecule has 1 fully saturated rings. The zero-order chi connectivity index (χ0) is 15.8. The maximum Gasteiger partial charge on any atom is 0.248 e. The SMILES string of the molecule is CC1(C)CCCN(S(=O)(=O)c2ccc(C(N)=O)cc2N)C1. The Hall–Kier alpha value is -1.60. The standard InChI is InChI=1S/C14H21N3O3S/c1-14(2)6-3-7-17(9-14)21(19,20)12-5-4-10(13(16)18)8-11(12)15/h4-5,8H,3,6-7,9,15H2,1-2H3,(H2,16,18). The molecule has 116 valence electrons. The number of amides is 1. The fourth-order valence-electron chi connectivity index (χ4n) is 2.65. The topological polar surface area (TPSA) is 106 Å². The minimum atomic E-state index is -3.65. The van der Waals surface area contributed by atoms with Crippen LogP contribution >= 0.6 is 0 Å². The molecule has 0 bridgehead atoms. The van der Waals surface area contributed by atoms with Gasteiger partial charge in [0.2, 0.25) is 15.9 Å². The lowest BCUT2D eigenvalue weighted by molar-refractivity contribution is 0.1000. The number of primary amides is 1. The van der Waals surface area contributed by atoms with E-state index < -0.39 is 15.9 Å². The molecule has 1 aliphatic rings. The largest absolute Gasteiger partial charge is 0.398 e. The fourth-order valence-corrected chi connectivity index (χ4v) is 4.41. The molecule has 0 aromatic heterocycles. The lowest BCUT2D eigenvalue weighted by atomic mass is 9.85. The molecule has 0 atom stereocenters. The average molecular weight is 311 g/mol. The van der Waals surface area contributed by atoms with Gasteiger partial charge in [-0.05, 0) is 36.5 Å². The Bertz CT molecular complexity index is 668. The Kier molecular flexibility index (Phi) is 3.99. The molecular formula is C14H21N3O3S. The summed E-state index contributed by atoms with van der Waals surface area (Å²) in [6.07, 6.45) is 1.82. The third-order valence-corrected chi connectivity index (χ3v) is 5.70. The van der Waals surface area contributed by atoms with E-state index in [-0.39, 0.29) is 21.6 Å². The first kappa shape index (κ1) is 15.8. The summed E-state index contributed by atoms with van der Waals surface area (Å²) >= 11 is 0. The maximum absolute atomic E-state index is 12.7. The van der Waals surface area contributed by atoms with Gasteiger partial charge in [0.05, 0.1) is 5.69 Å². The van der Waals surface area contributed by atoms with Gasteiger partial charge in [-0.1, -0.05) is 13.8 Å². The normalized spacial score (nSPS) is 19.3. The van der Waals surface area contributed by atoms with Gasteiger partial charge >= 0.3 is 0 Å². The van der Waals surface area contributed by atoms with Gasteiger partial charge in [-0.25, -0.2) is 8.42 Å². The van der Waals surface area contributed by atoms with E-state index in [1.807, 2.05) is 13.8 Å². The number of piperidine rings is 1. The van der Waals surface area contributed by atoms with Crippen molar-refractivity contribution in [2.75, 3.05) is 18.8 Å². The fraction of sp³-hybridized carbons (Fsp3) is 0.500. The molecule has 6 nitrogen and oxygen atoms in total. The Labute approximate surface area is 125 Å². The van der Waals surface area contributed by atoms with Crippen LogP contribution < -0.4 is 11.5 Å². The molecule has 1 heterocycles. The van der Waals surface area contributed by atoms with Crippen LogP contribution in [0.4, 0.5) is 5.69 Å². The van der Waals surface area contributed by atoms with E-state index in [4.69, 9.17) is 11.5 Å². The summed E-state index contributed by atoms with van der Waals surface area (Å²) < 4.78 is 26.9. The Morgan fingerprint density at radius 1 is 1.33 bits per heavy atom. The molecule has 0 saturated carbocycles. The summed E-state index contributed by atoms with van der Waals surface area (Å²) in [6.45, 7) is 5.05. The van der Waals surface area contributed by atoms with Crippen LogP contribution in [-0.2, 0) is 10.0 Å². The van der Waals surface area contributed by atoms with E-state index in [1.54, 1.807) is 0 Å². The van der Waals surface area contributed by atoms with Gasteiger partial charge in [0.15, 0.2) is 0 Å². The zero-order valence-corrected chi connectivity index (χ0v) is 13.1. The van der Waals surface area contributed by atoms with Crippen molar-refractivity contribution < 1.29 is 13.2 Å². The summed E-state index contributed by atoms with van der Waals surface area (Å²) in [7, 11) is -3.65. The van der Waals surface area contributed by atoms with Crippen molar-refractivity contribution >= 4 is 21.6 Å². The molecule has 0 spiro atoms. The first-order valence-corrected chi connectivity index (χ1v) is 8.27. The molecule has 21 heavy (non-hydrogen) atoms. The minimum Gasteiger partial charge on any atom is -0.398 e. The zero-order valence-electron chi connectivity index (χ0n) is 12.3. The van der Waals surface area contributed by atoms with Crippen LogP contribution in [0.2, 0.25) is 0 Å². The molecule has 1 saturated heterocycles. The lowest BCUT2D eigenvalue weighted by Crippen LogP contribution is -2.43. The van der Waals surface area contributed by atoms with Crippen molar-refractivity contribution in [3.63, 3.8) is 0 Å². The van der Waals surface area contributed by atoms with E-state index in [0.29, 0.717) is 13.1 Å². The highest BCUT2D eigenvalue weighted by molar-refractivity contribution is 7.89. The molecule has 0 unspecified atom stereocenters. The van der Waals surface area contributed by atoms with E-state index in [1.165, 1.54) is 22.5 Å². The van der Waals surface area contributed by atoms with Crippen molar-refractivity contribution in [1.29, 1.82) is 0 Å². The first-order chi connectivity index (χ1) is 9.63. The number of nitrogens with zero attached hydrogens (tertiary/aromatic N) is 1. The summed E-state index contributed by atoms with van der Waals surface area (Å²) in [5.74, 6) is -0.634. The molecule has 1 aromatic carbocycles. The van der Waals surface area contributed by atoms with Gasteiger partial charge in [-0.3, -0.25) is 4.79 Å². The molecule has 4 N–H and O–H groups in total. The Balaban J connectivity index is 2.38. The summed E-state index contributed by atoms with van der Waals surface area (Å²) in [4.78, 5) is 11.1. The van der Waals surface area contributed by atoms with Crippen LogP contribution in [0.15, 0.2) is 23.1 Å². The molecule has 1 aliphatic heterocycles. The van der Waals surface area contributed by atoms with Crippen molar-refractivity contribution in [1.82, 2.24) is 4.31 Å². The van der Waals surface area contributed by atoms with Crippen molar-refractivity contribution in [3.05, 3.63) is 23.8 Å². The van der Waals surface area contributed by atoms with Crippen LogP contribution in [0.5, 0.6) is 0 Å². The highest BCUT2D eigenvalue weighted by Gasteiger charge is 2.35. The summed E-state index contributed by atoms with van der Waals surface area (Å²) in [5, 5.41) is 0. The van der Waals surface area contributed by atoms with Crippen LogP contribution in [0.3, 0.4) is 0 Å². The van der Waals surface area contributed by atoms with Gasteiger partial charge in [0.25, 0.3) is 0 Å². The summed E-state index contributed by atoms with van der Waals surface area (Å²) in [5.41, 5.74) is 11.2. The number of sulfonamides is 1. The third kappa shape index (κ3) is 3.19. The molecular weight excluding hydrogens is 290 g/mol. The number of carbonyl (C=O) groups is 1. The molecule has 2 rings (SSSR count). The van der Waals surface area contributed by atoms with Gasteiger partial charge in [-0.2, -0.15) is 4.31 Å². The van der Waals surface area contributed by atoms with Crippen LogP contribution in [0.1, 0.15) is 37.0 Å².